The highest BCUT2D eigenvalue weighted by Crippen LogP contribution is 2.37. The molecule has 1 N–H and O–H groups in total. The van der Waals surface area contributed by atoms with E-state index >= 15 is 0 Å². The topological polar surface area (TPSA) is 15.3 Å². The van der Waals surface area contributed by atoms with E-state index in [4.69, 9.17) is 0 Å². The second-order valence-corrected chi connectivity index (χ2v) is 6.50. The van der Waals surface area contributed by atoms with Gasteiger partial charge in [0.1, 0.15) is 0 Å². The molecule has 1 aliphatic heterocycles. The largest absolute Gasteiger partial charge is 0.341 e. The molecule has 0 aromatic heterocycles. The van der Waals surface area contributed by atoms with Crippen LogP contribution in [0.3, 0.4) is 0 Å². The van der Waals surface area contributed by atoms with Gasteiger partial charge < -0.3 is 10.2 Å². The first-order valence-corrected chi connectivity index (χ1v) is 8.52. The zero-order valence-electron chi connectivity index (χ0n) is 13.3. The van der Waals surface area contributed by atoms with Crippen LogP contribution in [-0.2, 0) is 12.8 Å². The number of nitrogens with zero attached hydrogens (tertiary/aromatic N) is 1. The van der Waals surface area contributed by atoms with Crippen molar-refractivity contribution in [3.8, 4) is 0 Å². The summed E-state index contributed by atoms with van der Waals surface area (Å²) in [5, 5.41) is 3.46. The summed E-state index contributed by atoms with van der Waals surface area (Å²) in [6, 6.07) is 16.5. The first-order chi connectivity index (χ1) is 10.9. The number of hydrogen-bond donors (Lipinski definition) is 1. The van der Waals surface area contributed by atoms with Crippen molar-refractivity contribution in [2.45, 2.75) is 38.1 Å². The van der Waals surface area contributed by atoms with E-state index in [2.05, 4.69) is 59.7 Å². The third-order valence-corrected chi connectivity index (χ3v) is 5.21. The van der Waals surface area contributed by atoms with Gasteiger partial charge in [0.05, 0.1) is 0 Å². The highest BCUT2D eigenvalue weighted by molar-refractivity contribution is 5.68. The molecule has 1 heterocycles. The van der Waals surface area contributed by atoms with Gasteiger partial charge in [-0.05, 0) is 74.0 Å². The molecule has 1 atom stereocenters. The van der Waals surface area contributed by atoms with Crippen LogP contribution in [0.5, 0.6) is 0 Å². The molecular weight excluding hydrogens is 268 g/mol. The summed E-state index contributed by atoms with van der Waals surface area (Å²) < 4.78 is 0. The summed E-state index contributed by atoms with van der Waals surface area (Å²) in [6.07, 6.45) is 6.22. The quantitative estimate of drug-likeness (QED) is 0.884. The lowest BCUT2D eigenvalue weighted by atomic mass is 9.87. The third kappa shape index (κ3) is 2.32. The van der Waals surface area contributed by atoms with E-state index in [0.29, 0.717) is 6.04 Å². The maximum absolute atomic E-state index is 3.46. The lowest BCUT2D eigenvalue weighted by Crippen LogP contribution is -2.25. The predicted octanol–water partition coefficient (Wildman–Crippen LogP) is 4.37. The van der Waals surface area contributed by atoms with Crippen LogP contribution in [0.1, 0.15) is 42.0 Å². The van der Waals surface area contributed by atoms with Crippen molar-refractivity contribution in [1.82, 2.24) is 5.32 Å². The molecule has 0 amide bonds. The maximum atomic E-state index is 3.46. The molecule has 22 heavy (non-hydrogen) atoms. The van der Waals surface area contributed by atoms with Gasteiger partial charge in [0.25, 0.3) is 0 Å². The predicted molar refractivity (Wildman–Crippen MR) is 92.9 cm³/mol. The normalized spacial score (nSPS) is 20.4. The zero-order chi connectivity index (χ0) is 14.9. The van der Waals surface area contributed by atoms with Crippen molar-refractivity contribution < 1.29 is 0 Å². The fourth-order valence-electron chi connectivity index (χ4n) is 4.07. The molecule has 2 aromatic carbocycles. The van der Waals surface area contributed by atoms with Crippen LogP contribution < -0.4 is 10.2 Å². The summed E-state index contributed by atoms with van der Waals surface area (Å²) in [7, 11) is 2.08. The van der Waals surface area contributed by atoms with Gasteiger partial charge in [0.15, 0.2) is 0 Å². The molecule has 2 heteroatoms. The van der Waals surface area contributed by atoms with E-state index in [1.807, 2.05) is 0 Å². The Balaban J connectivity index is 1.73. The SMILES string of the molecule is CNC1CCCc2cc(N3CCCc4ccccc43)ccc21. The highest BCUT2D eigenvalue weighted by Gasteiger charge is 2.22. The number of anilines is 2. The van der Waals surface area contributed by atoms with Crippen molar-refractivity contribution in [3.63, 3.8) is 0 Å². The number of para-hydroxylation sites is 1. The zero-order valence-corrected chi connectivity index (χ0v) is 13.3. The molecule has 0 fully saturated rings. The van der Waals surface area contributed by atoms with E-state index in [-0.39, 0.29) is 0 Å². The van der Waals surface area contributed by atoms with Crippen LogP contribution >= 0.6 is 0 Å². The molecule has 0 radical (unpaired) electrons. The van der Waals surface area contributed by atoms with Gasteiger partial charge in [-0.3, -0.25) is 0 Å². The Morgan fingerprint density at radius 2 is 1.86 bits per heavy atom. The highest BCUT2D eigenvalue weighted by atomic mass is 15.1. The molecular formula is C20H24N2. The summed E-state index contributed by atoms with van der Waals surface area (Å²) in [5.41, 5.74) is 7.28. The van der Waals surface area contributed by atoms with E-state index in [9.17, 15) is 0 Å². The Morgan fingerprint density at radius 3 is 2.77 bits per heavy atom. The van der Waals surface area contributed by atoms with E-state index in [1.54, 1.807) is 0 Å². The lowest BCUT2D eigenvalue weighted by molar-refractivity contribution is 0.496. The van der Waals surface area contributed by atoms with E-state index in [0.717, 1.165) is 6.54 Å². The number of rotatable bonds is 2. The number of nitrogens with one attached hydrogen (secondary N) is 1. The lowest BCUT2D eigenvalue weighted by Gasteiger charge is -2.33. The van der Waals surface area contributed by atoms with Crippen LogP contribution in [0.25, 0.3) is 0 Å². The number of hydrogen-bond acceptors (Lipinski definition) is 2. The molecule has 0 saturated carbocycles. The average Bonchev–Trinajstić information content (AvgIpc) is 2.60. The van der Waals surface area contributed by atoms with Gasteiger partial charge in [-0.15, -0.1) is 0 Å². The summed E-state index contributed by atoms with van der Waals surface area (Å²) in [4.78, 5) is 2.50. The third-order valence-electron chi connectivity index (χ3n) is 5.21. The van der Waals surface area contributed by atoms with E-state index in [1.165, 1.54) is 60.2 Å². The Hall–Kier alpha value is -1.80. The van der Waals surface area contributed by atoms with Gasteiger partial charge in [0, 0.05) is 24.0 Å². The number of aryl methyl sites for hydroxylation is 2. The second-order valence-electron chi connectivity index (χ2n) is 6.50. The molecule has 2 nitrogen and oxygen atoms in total. The minimum absolute atomic E-state index is 0.534. The van der Waals surface area contributed by atoms with Crippen LogP contribution in [-0.4, -0.2) is 13.6 Å². The molecule has 4 rings (SSSR count). The van der Waals surface area contributed by atoms with Crippen LogP contribution in [0.2, 0.25) is 0 Å². The van der Waals surface area contributed by atoms with Gasteiger partial charge in [-0.2, -0.15) is 0 Å². The minimum Gasteiger partial charge on any atom is -0.341 e. The van der Waals surface area contributed by atoms with E-state index < -0.39 is 0 Å². The standard InChI is InChI=1S/C20H24N2/c1-21-19-9-4-7-16-14-17(11-12-18(16)19)22-13-5-8-15-6-2-3-10-20(15)22/h2-3,6,10-12,14,19,21H,4-5,7-9,13H2,1H3. The van der Waals surface area contributed by atoms with Crippen molar-refractivity contribution in [3.05, 3.63) is 59.2 Å². The van der Waals surface area contributed by atoms with Gasteiger partial charge in [0.2, 0.25) is 0 Å². The van der Waals surface area contributed by atoms with Crippen LogP contribution in [0, 0.1) is 0 Å². The fraction of sp³-hybridized carbons (Fsp3) is 0.400. The number of benzene rings is 2. The smallest absolute Gasteiger partial charge is 0.0443 e. The molecule has 2 aliphatic rings. The van der Waals surface area contributed by atoms with Gasteiger partial charge in [-0.25, -0.2) is 0 Å². The van der Waals surface area contributed by atoms with Crippen molar-refractivity contribution in [1.29, 1.82) is 0 Å². The Morgan fingerprint density at radius 1 is 1.00 bits per heavy atom. The molecule has 114 valence electrons. The molecule has 0 spiro atoms. The molecule has 1 unspecified atom stereocenters. The summed E-state index contributed by atoms with van der Waals surface area (Å²) in [6.45, 7) is 1.13. The average molecular weight is 292 g/mol. The molecule has 2 aromatic rings. The van der Waals surface area contributed by atoms with Gasteiger partial charge >= 0.3 is 0 Å². The first kappa shape index (κ1) is 13.8. The summed E-state index contributed by atoms with van der Waals surface area (Å²) in [5.74, 6) is 0. The van der Waals surface area contributed by atoms with Crippen LogP contribution in [0.15, 0.2) is 42.5 Å². The first-order valence-electron chi connectivity index (χ1n) is 8.52. The summed E-state index contributed by atoms with van der Waals surface area (Å²) >= 11 is 0. The Bertz CT molecular complexity index is 677. The van der Waals surface area contributed by atoms with Crippen molar-refractivity contribution >= 4 is 11.4 Å². The molecule has 1 aliphatic carbocycles. The minimum atomic E-state index is 0.534. The monoisotopic (exact) mass is 292 g/mol. The fourth-order valence-corrected chi connectivity index (χ4v) is 4.07. The van der Waals surface area contributed by atoms with Gasteiger partial charge in [-0.1, -0.05) is 24.3 Å². The molecule has 0 bridgehead atoms. The second kappa shape index (κ2) is 5.77. The van der Waals surface area contributed by atoms with Crippen molar-refractivity contribution in [2.24, 2.45) is 0 Å². The maximum Gasteiger partial charge on any atom is 0.0443 e. The van der Waals surface area contributed by atoms with Crippen LogP contribution in [0.4, 0.5) is 11.4 Å². The Labute approximate surface area is 133 Å². The number of fused-ring (bicyclic) bond motifs is 2. The van der Waals surface area contributed by atoms with Crippen molar-refractivity contribution in [2.75, 3.05) is 18.5 Å². The Kier molecular flexibility index (Phi) is 3.63. The molecule has 0 saturated heterocycles.